The van der Waals surface area contributed by atoms with Crippen molar-refractivity contribution in [3.63, 3.8) is 0 Å². The monoisotopic (exact) mass is 282 g/mol. The maximum atomic E-state index is 11.1. The van der Waals surface area contributed by atoms with E-state index >= 15 is 0 Å². The molecular formula is C8H13O5P3. The summed E-state index contributed by atoms with van der Waals surface area (Å²) in [6, 6.07) is 0. The quantitative estimate of drug-likeness (QED) is 0.500. The molecule has 0 heterocycles. The Balaban J connectivity index is 3.69. The number of terminal acetylenes is 2. The molecule has 0 aromatic rings. The minimum atomic E-state index is -2.75. The van der Waals surface area contributed by atoms with Gasteiger partial charge < -0.3 is 18.2 Å². The van der Waals surface area contributed by atoms with E-state index in [0.717, 1.165) is 0 Å². The van der Waals surface area contributed by atoms with Crippen LogP contribution in [0.15, 0.2) is 0 Å². The van der Waals surface area contributed by atoms with Crippen LogP contribution in [0.2, 0.25) is 0 Å². The summed E-state index contributed by atoms with van der Waals surface area (Å²) >= 11 is 0. The molecule has 0 saturated heterocycles. The molecule has 0 aromatic heterocycles. The molecule has 16 heavy (non-hydrogen) atoms. The van der Waals surface area contributed by atoms with Crippen molar-refractivity contribution in [1.29, 1.82) is 0 Å². The molecular weight excluding hydrogens is 269 g/mol. The van der Waals surface area contributed by atoms with Crippen LogP contribution in [0.1, 0.15) is 0 Å². The summed E-state index contributed by atoms with van der Waals surface area (Å²) in [4.78, 5) is 0. The van der Waals surface area contributed by atoms with Gasteiger partial charge in [-0.1, -0.05) is 11.8 Å². The van der Waals surface area contributed by atoms with Gasteiger partial charge in [0.25, 0.3) is 0 Å². The van der Waals surface area contributed by atoms with E-state index in [1.54, 1.807) is 0 Å². The van der Waals surface area contributed by atoms with Crippen LogP contribution in [0.3, 0.4) is 0 Å². The lowest BCUT2D eigenvalue weighted by molar-refractivity contribution is 0.277. The maximum absolute atomic E-state index is 11.1. The molecule has 8 heteroatoms. The highest BCUT2D eigenvalue weighted by atomic mass is 31.1. The summed E-state index contributed by atoms with van der Waals surface area (Å²) in [6.07, 6.45) is 9.71. The Morgan fingerprint density at radius 1 is 0.875 bits per heavy atom. The molecule has 0 N–H and O–H groups in total. The Labute approximate surface area is 96.8 Å². The van der Waals surface area contributed by atoms with Crippen LogP contribution in [0.5, 0.6) is 0 Å². The fourth-order valence-electron chi connectivity index (χ4n) is 0.650. The van der Waals surface area contributed by atoms with Crippen LogP contribution >= 0.6 is 23.9 Å². The average Bonchev–Trinajstić information content (AvgIpc) is 2.24. The van der Waals surface area contributed by atoms with Crippen LogP contribution in [0.4, 0.5) is 0 Å². The Kier molecular flexibility index (Phi) is 9.75. The summed E-state index contributed by atoms with van der Waals surface area (Å²) in [5, 5.41) is 0. The second-order valence-electron chi connectivity index (χ2n) is 2.67. The second-order valence-corrected chi connectivity index (χ2v) is 7.18. The Morgan fingerprint density at radius 3 is 1.56 bits per heavy atom. The largest absolute Gasteiger partial charge is 0.323 e. The molecule has 2 unspecified atom stereocenters. The highest BCUT2D eigenvalue weighted by Crippen LogP contribution is 2.33. The first kappa shape index (κ1) is 15.7. The molecule has 0 rings (SSSR count). The van der Waals surface area contributed by atoms with Crippen LogP contribution in [0, 0.1) is 24.7 Å². The Hall–Kier alpha value is -0.270. The standard InChI is InChI=1S/C8H13O5P3/c1-3-5-14(9)7-12-16(11)13-8-15(10)6-4-2/h1-2,14-16H,5-8H2. The average molecular weight is 282 g/mol. The molecule has 0 bridgehead atoms. The van der Waals surface area contributed by atoms with Gasteiger partial charge in [-0.05, 0) is 0 Å². The zero-order valence-electron chi connectivity index (χ0n) is 8.52. The van der Waals surface area contributed by atoms with Crippen LogP contribution in [0.25, 0.3) is 0 Å². The molecule has 5 nitrogen and oxygen atoms in total. The first-order chi connectivity index (χ1) is 7.60. The van der Waals surface area contributed by atoms with E-state index in [4.69, 9.17) is 12.8 Å². The van der Waals surface area contributed by atoms with E-state index in [0.29, 0.717) is 0 Å². The van der Waals surface area contributed by atoms with Crippen LogP contribution in [-0.2, 0) is 22.7 Å². The van der Waals surface area contributed by atoms with Gasteiger partial charge in [-0.3, -0.25) is 4.57 Å². The number of hydrogen-bond donors (Lipinski definition) is 0. The predicted octanol–water partition coefficient (Wildman–Crippen LogP) is 1.71. The van der Waals surface area contributed by atoms with E-state index in [2.05, 4.69) is 20.9 Å². The minimum Gasteiger partial charge on any atom is -0.323 e. The molecule has 0 amide bonds. The van der Waals surface area contributed by atoms with Crippen molar-refractivity contribution in [2.24, 2.45) is 0 Å². The van der Waals surface area contributed by atoms with E-state index in [-0.39, 0.29) is 25.0 Å². The summed E-state index contributed by atoms with van der Waals surface area (Å²) in [5.41, 5.74) is 0. The summed E-state index contributed by atoms with van der Waals surface area (Å²) in [6.45, 7) is 0. The number of hydrogen-bond acceptors (Lipinski definition) is 5. The lowest BCUT2D eigenvalue weighted by Crippen LogP contribution is -1.87. The van der Waals surface area contributed by atoms with Gasteiger partial charge in [0.2, 0.25) is 0 Å². The van der Waals surface area contributed by atoms with Crippen molar-refractivity contribution in [3.8, 4) is 24.7 Å². The van der Waals surface area contributed by atoms with Crippen LogP contribution in [-0.4, -0.2) is 25.0 Å². The van der Waals surface area contributed by atoms with Gasteiger partial charge in [-0.15, -0.1) is 12.8 Å². The van der Waals surface area contributed by atoms with Crippen molar-refractivity contribution >= 4 is 23.9 Å². The van der Waals surface area contributed by atoms with Gasteiger partial charge in [-0.2, -0.15) is 0 Å². The molecule has 0 spiro atoms. The Bertz CT molecular complexity index is 331. The zero-order chi connectivity index (χ0) is 12.4. The molecule has 0 fully saturated rings. The number of rotatable bonds is 8. The van der Waals surface area contributed by atoms with Crippen molar-refractivity contribution in [2.75, 3.05) is 25.0 Å². The SMILES string of the molecule is C#CC[PH](=O)CO[PH](=O)OC[PH](=O)CC#C. The van der Waals surface area contributed by atoms with E-state index in [9.17, 15) is 13.7 Å². The molecule has 90 valence electrons. The normalized spacial score (nSPS) is 15.6. The minimum absolute atomic E-state index is 0.105. The van der Waals surface area contributed by atoms with Crippen LogP contribution < -0.4 is 0 Å². The van der Waals surface area contributed by atoms with Gasteiger partial charge >= 0.3 is 8.25 Å². The molecule has 0 aliphatic carbocycles. The second kappa shape index (κ2) is 9.92. The van der Waals surface area contributed by atoms with Gasteiger partial charge in [-0.25, -0.2) is 0 Å². The van der Waals surface area contributed by atoms with Crippen molar-refractivity contribution in [1.82, 2.24) is 0 Å². The third kappa shape index (κ3) is 8.99. The van der Waals surface area contributed by atoms with E-state index in [1.807, 2.05) is 0 Å². The molecule has 2 atom stereocenters. The smallest absolute Gasteiger partial charge is 0.320 e. The Morgan fingerprint density at radius 2 is 1.25 bits per heavy atom. The van der Waals surface area contributed by atoms with Gasteiger partial charge in [0, 0.05) is 0 Å². The van der Waals surface area contributed by atoms with Crippen molar-refractivity contribution in [2.45, 2.75) is 0 Å². The topological polar surface area (TPSA) is 69.7 Å². The first-order valence-corrected chi connectivity index (χ1v) is 9.17. The fourth-order valence-corrected chi connectivity index (χ4v) is 3.62. The maximum Gasteiger partial charge on any atom is 0.320 e. The lowest BCUT2D eigenvalue weighted by Gasteiger charge is -2.03. The summed E-state index contributed by atoms with van der Waals surface area (Å²) in [5.74, 6) is 4.42. The third-order valence-electron chi connectivity index (χ3n) is 1.30. The predicted molar refractivity (Wildman–Crippen MR) is 66.3 cm³/mol. The molecule has 0 radical (unpaired) electrons. The van der Waals surface area contributed by atoms with Gasteiger partial charge in [0.05, 0.1) is 12.3 Å². The molecule has 0 aromatic carbocycles. The highest BCUT2D eigenvalue weighted by Gasteiger charge is 2.05. The van der Waals surface area contributed by atoms with E-state index in [1.165, 1.54) is 0 Å². The zero-order valence-corrected chi connectivity index (χ0v) is 11.5. The van der Waals surface area contributed by atoms with E-state index < -0.39 is 23.9 Å². The van der Waals surface area contributed by atoms with Crippen molar-refractivity contribution in [3.05, 3.63) is 0 Å². The van der Waals surface area contributed by atoms with Gasteiger partial charge in [0.15, 0.2) is 0 Å². The summed E-state index contributed by atoms with van der Waals surface area (Å²) in [7, 11) is -6.85. The first-order valence-electron chi connectivity index (χ1n) is 4.30. The van der Waals surface area contributed by atoms with Crippen molar-refractivity contribution < 1.29 is 22.7 Å². The lowest BCUT2D eigenvalue weighted by atomic mass is 10.8. The molecule has 0 aliphatic heterocycles. The molecule has 0 aliphatic rings. The highest BCUT2D eigenvalue weighted by molar-refractivity contribution is 7.46. The summed E-state index contributed by atoms with van der Waals surface area (Å²) < 4.78 is 42.5. The van der Waals surface area contributed by atoms with Gasteiger partial charge in [0.1, 0.15) is 28.3 Å². The third-order valence-corrected chi connectivity index (χ3v) is 4.77. The fraction of sp³-hybridized carbons (Fsp3) is 0.500. The molecule has 0 saturated carbocycles.